The van der Waals surface area contributed by atoms with Crippen LogP contribution in [-0.4, -0.2) is 42.4 Å². The first kappa shape index (κ1) is 13.3. The Labute approximate surface area is 108 Å². The molecule has 0 radical (unpaired) electrons. The maximum absolute atomic E-state index is 9.33. The number of aliphatic hydroxyl groups is 1. The van der Waals surface area contributed by atoms with E-state index in [2.05, 4.69) is 17.0 Å². The van der Waals surface area contributed by atoms with E-state index in [1.165, 1.54) is 5.56 Å². The van der Waals surface area contributed by atoms with Crippen LogP contribution in [0.5, 0.6) is 5.75 Å². The van der Waals surface area contributed by atoms with E-state index in [-0.39, 0.29) is 18.1 Å². The molecule has 1 fully saturated rings. The molecule has 1 aliphatic rings. The number of benzene rings is 1. The van der Waals surface area contributed by atoms with Crippen molar-refractivity contribution < 1.29 is 9.84 Å². The van der Waals surface area contributed by atoms with Crippen LogP contribution in [0.1, 0.15) is 12.5 Å². The maximum Gasteiger partial charge on any atom is 0.118 e. The van der Waals surface area contributed by atoms with E-state index in [9.17, 15) is 5.11 Å². The Hall–Kier alpha value is -1.10. The van der Waals surface area contributed by atoms with Crippen molar-refractivity contribution in [1.82, 2.24) is 4.90 Å². The standard InChI is InChI=1S/C14H22N2O2/c1-14(15)10-16(8-12(14)9-17)7-11-3-5-13(18-2)6-4-11/h3-6,12,17H,7-10,15H2,1-2H3/t12?,14-/m0/s1. The van der Waals surface area contributed by atoms with Crippen molar-refractivity contribution in [1.29, 1.82) is 0 Å². The predicted molar refractivity (Wildman–Crippen MR) is 71.4 cm³/mol. The minimum atomic E-state index is -0.290. The van der Waals surface area contributed by atoms with E-state index in [0.29, 0.717) is 0 Å². The second kappa shape index (κ2) is 5.26. The Morgan fingerprint density at radius 1 is 1.44 bits per heavy atom. The maximum atomic E-state index is 9.33. The summed E-state index contributed by atoms with van der Waals surface area (Å²) in [4.78, 5) is 2.29. The summed E-state index contributed by atoms with van der Waals surface area (Å²) >= 11 is 0. The molecule has 0 spiro atoms. The molecule has 1 aromatic carbocycles. The highest BCUT2D eigenvalue weighted by Gasteiger charge is 2.39. The summed E-state index contributed by atoms with van der Waals surface area (Å²) in [6.45, 7) is 4.72. The van der Waals surface area contributed by atoms with Crippen molar-refractivity contribution in [3.05, 3.63) is 29.8 Å². The van der Waals surface area contributed by atoms with Gasteiger partial charge in [0.15, 0.2) is 0 Å². The molecule has 0 amide bonds. The molecule has 1 saturated heterocycles. The molecule has 18 heavy (non-hydrogen) atoms. The normalized spacial score (nSPS) is 28.6. The van der Waals surface area contributed by atoms with Crippen molar-refractivity contribution in [2.45, 2.75) is 19.0 Å². The van der Waals surface area contributed by atoms with Gasteiger partial charge in [-0.3, -0.25) is 4.90 Å². The summed E-state index contributed by atoms with van der Waals surface area (Å²) in [5.74, 6) is 1.04. The van der Waals surface area contributed by atoms with Gasteiger partial charge in [-0.25, -0.2) is 0 Å². The molecule has 1 aliphatic heterocycles. The number of nitrogens with two attached hydrogens (primary N) is 1. The van der Waals surface area contributed by atoms with Crippen LogP contribution >= 0.6 is 0 Å². The quantitative estimate of drug-likeness (QED) is 0.831. The molecule has 1 aromatic rings. The van der Waals surface area contributed by atoms with Gasteiger partial charge in [-0.15, -0.1) is 0 Å². The van der Waals surface area contributed by atoms with Crippen LogP contribution in [-0.2, 0) is 6.54 Å². The molecule has 4 heteroatoms. The Balaban J connectivity index is 1.98. The first-order valence-electron chi connectivity index (χ1n) is 6.30. The highest BCUT2D eigenvalue weighted by molar-refractivity contribution is 5.27. The summed E-state index contributed by atoms with van der Waals surface area (Å²) in [6, 6.07) is 8.07. The molecule has 2 atom stereocenters. The van der Waals surface area contributed by atoms with Gasteiger partial charge in [-0.2, -0.15) is 0 Å². The number of methoxy groups -OCH3 is 1. The number of hydrogen-bond donors (Lipinski definition) is 2. The van der Waals surface area contributed by atoms with E-state index < -0.39 is 0 Å². The van der Waals surface area contributed by atoms with E-state index in [1.54, 1.807) is 7.11 Å². The molecule has 0 aliphatic carbocycles. The van der Waals surface area contributed by atoms with Gasteiger partial charge in [-0.1, -0.05) is 12.1 Å². The molecule has 1 unspecified atom stereocenters. The Morgan fingerprint density at radius 3 is 2.61 bits per heavy atom. The lowest BCUT2D eigenvalue weighted by molar-refractivity contribution is 0.192. The van der Waals surface area contributed by atoms with E-state index >= 15 is 0 Å². The summed E-state index contributed by atoms with van der Waals surface area (Å²) in [7, 11) is 1.67. The first-order valence-corrected chi connectivity index (χ1v) is 6.30. The van der Waals surface area contributed by atoms with Crippen LogP contribution in [0.3, 0.4) is 0 Å². The van der Waals surface area contributed by atoms with Crippen molar-refractivity contribution in [3.63, 3.8) is 0 Å². The van der Waals surface area contributed by atoms with Crippen LogP contribution < -0.4 is 10.5 Å². The molecule has 0 aromatic heterocycles. The van der Waals surface area contributed by atoms with Crippen molar-refractivity contribution in [3.8, 4) is 5.75 Å². The number of aliphatic hydroxyl groups excluding tert-OH is 1. The zero-order chi connectivity index (χ0) is 13.2. The molecule has 4 nitrogen and oxygen atoms in total. The molecule has 2 rings (SSSR count). The number of likely N-dealkylation sites (tertiary alicyclic amines) is 1. The van der Waals surface area contributed by atoms with Gasteiger partial charge >= 0.3 is 0 Å². The molecule has 100 valence electrons. The Morgan fingerprint density at radius 2 is 2.11 bits per heavy atom. The Bertz CT molecular complexity index is 389. The van der Waals surface area contributed by atoms with Gasteiger partial charge in [0.25, 0.3) is 0 Å². The third-order valence-electron chi connectivity index (χ3n) is 3.76. The second-order valence-electron chi connectivity index (χ2n) is 5.40. The van der Waals surface area contributed by atoms with Crippen molar-refractivity contribution in [2.24, 2.45) is 11.7 Å². The van der Waals surface area contributed by atoms with E-state index in [1.807, 2.05) is 19.1 Å². The summed E-state index contributed by atoms with van der Waals surface area (Å²) in [5.41, 5.74) is 7.15. The molecular weight excluding hydrogens is 228 g/mol. The summed E-state index contributed by atoms with van der Waals surface area (Å²) in [6.07, 6.45) is 0. The van der Waals surface area contributed by atoms with Crippen molar-refractivity contribution >= 4 is 0 Å². The third kappa shape index (κ3) is 2.83. The lowest BCUT2D eigenvalue weighted by Gasteiger charge is -2.23. The molecule has 3 N–H and O–H groups in total. The summed E-state index contributed by atoms with van der Waals surface area (Å²) in [5, 5.41) is 9.33. The Kier molecular flexibility index (Phi) is 3.90. The van der Waals surface area contributed by atoms with Crippen LogP contribution in [0.25, 0.3) is 0 Å². The minimum absolute atomic E-state index is 0.159. The predicted octanol–water partition coefficient (Wildman–Crippen LogP) is 0.837. The molecular formula is C14H22N2O2. The number of ether oxygens (including phenoxy) is 1. The molecule has 0 bridgehead atoms. The van der Waals surface area contributed by atoms with Gasteiger partial charge in [0.1, 0.15) is 5.75 Å². The smallest absolute Gasteiger partial charge is 0.118 e. The number of nitrogens with zero attached hydrogens (tertiary/aromatic N) is 1. The molecule has 1 heterocycles. The van der Waals surface area contributed by atoms with Gasteiger partial charge in [-0.05, 0) is 24.6 Å². The largest absolute Gasteiger partial charge is 0.497 e. The average molecular weight is 250 g/mol. The number of rotatable bonds is 4. The fourth-order valence-electron chi connectivity index (χ4n) is 2.57. The number of hydrogen-bond acceptors (Lipinski definition) is 4. The highest BCUT2D eigenvalue weighted by atomic mass is 16.5. The SMILES string of the molecule is COc1ccc(CN2CC(CO)[C@@](C)(N)C2)cc1. The second-order valence-corrected chi connectivity index (χ2v) is 5.40. The van der Waals surface area contributed by atoms with Crippen LogP contribution in [0, 0.1) is 5.92 Å². The fourth-order valence-corrected chi connectivity index (χ4v) is 2.57. The van der Waals surface area contributed by atoms with Gasteiger partial charge in [0.05, 0.1) is 7.11 Å². The zero-order valence-corrected chi connectivity index (χ0v) is 11.1. The highest BCUT2D eigenvalue weighted by Crippen LogP contribution is 2.26. The lowest BCUT2D eigenvalue weighted by Crippen LogP contribution is -2.45. The van der Waals surface area contributed by atoms with Crippen molar-refractivity contribution in [2.75, 3.05) is 26.8 Å². The monoisotopic (exact) mass is 250 g/mol. The zero-order valence-electron chi connectivity index (χ0n) is 11.1. The third-order valence-corrected chi connectivity index (χ3v) is 3.76. The first-order chi connectivity index (χ1) is 8.55. The van der Waals surface area contributed by atoms with Crippen LogP contribution in [0.4, 0.5) is 0 Å². The van der Waals surface area contributed by atoms with Gasteiger partial charge in [0.2, 0.25) is 0 Å². The van der Waals surface area contributed by atoms with Gasteiger partial charge < -0.3 is 15.6 Å². The lowest BCUT2D eigenvalue weighted by atomic mass is 9.91. The molecule has 0 saturated carbocycles. The van der Waals surface area contributed by atoms with E-state index in [0.717, 1.165) is 25.4 Å². The topological polar surface area (TPSA) is 58.7 Å². The van der Waals surface area contributed by atoms with Crippen LogP contribution in [0.15, 0.2) is 24.3 Å². The van der Waals surface area contributed by atoms with E-state index in [4.69, 9.17) is 10.5 Å². The summed E-state index contributed by atoms with van der Waals surface area (Å²) < 4.78 is 5.14. The van der Waals surface area contributed by atoms with Gasteiger partial charge in [0, 0.05) is 37.7 Å². The average Bonchev–Trinajstić information content (AvgIpc) is 2.64. The van der Waals surface area contributed by atoms with Crippen LogP contribution in [0.2, 0.25) is 0 Å². The minimum Gasteiger partial charge on any atom is -0.497 e. The fraction of sp³-hybridized carbons (Fsp3) is 0.571.